The smallest absolute Gasteiger partial charge is 0.264 e. The van der Waals surface area contributed by atoms with Crippen molar-refractivity contribution in [2.24, 2.45) is 0 Å². The molecule has 0 saturated heterocycles. The van der Waals surface area contributed by atoms with Gasteiger partial charge in [0.15, 0.2) is 0 Å². The maximum absolute atomic E-state index is 13.9. The molecule has 3 aromatic carbocycles. The second-order valence-corrected chi connectivity index (χ2v) is 11.3. The van der Waals surface area contributed by atoms with Crippen LogP contribution in [0.1, 0.15) is 29.2 Å². The summed E-state index contributed by atoms with van der Waals surface area (Å²) >= 11 is 6.24. The van der Waals surface area contributed by atoms with Gasteiger partial charge < -0.3 is 10.2 Å². The number of halogens is 1. The van der Waals surface area contributed by atoms with Gasteiger partial charge in [-0.25, -0.2) is 8.42 Å². The zero-order chi connectivity index (χ0) is 27.3. The quantitative estimate of drug-likeness (QED) is 0.428. The van der Waals surface area contributed by atoms with Crippen molar-refractivity contribution in [1.82, 2.24) is 10.2 Å². The molecule has 9 heteroatoms. The summed E-state index contributed by atoms with van der Waals surface area (Å²) in [5.74, 6) is -0.872. The Hall–Kier alpha value is -3.36. The van der Waals surface area contributed by atoms with E-state index < -0.39 is 28.5 Å². The molecule has 0 fully saturated rings. The number of aryl methyl sites for hydroxylation is 3. The summed E-state index contributed by atoms with van der Waals surface area (Å²) in [5.41, 5.74) is 3.66. The molecule has 196 valence electrons. The maximum atomic E-state index is 13.9. The molecule has 0 aliphatic heterocycles. The van der Waals surface area contributed by atoms with Crippen LogP contribution < -0.4 is 9.62 Å². The molecule has 0 aromatic heterocycles. The van der Waals surface area contributed by atoms with Gasteiger partial charge in [0, 0.05) is 18.6 Å². The van der Waals surface area contributed by atoms with Gasteiger partial charge in [-0.15, -0.1) is 0 Å². The predicted molar refractivity (Wildman–Crippen MR) is 147 cm³/mol. The second-order valence-electron chi connectivity index (χ2n) is 8.99. The third kappa shape index (κ3) is 6.50. The van der Waals surface area contributed by atoms with E-state index >= 15 is 0 Å². The summed E-state index contributed by atoms with van der Waals surface area (Å²) in [6, 6.07) is 18.1. The Kier molecular flexibility index (Phi) is 8.99. The Morgan fingerprint density at radius 3 is 2.22 bits per heavy atom. The lowest BCUT2D eigenvalue weighted by molar-refractivity contribution is -0.139. The molecule has 1 atom stereocenters. The van der Waals surface area contributed by atoms with E-state index in [1.165, 1.54) is 30.1 Å². The molecule has 0 spiro atoms. The molecule has 3 aromatic rings. The minimum atomic E-state index is -4.14. The molecule has 2 amide bonds. The van der Waals surface area contributed by atoms with Crippen molar-refractivity contribution in [1.29, 1.82) is 0 Å². The van der Waals surface area contributed by atoms with E-state index in [1.807, 2.05) is 38.1 Å². The molecule has 0 radical (unpaired) electrons. The number of carbonyl (C=O) groups excluding carboxylic acids is 2. The number of anilines is 1. The van der Waals surface area contributed by atoms with E-state index in [4.69, 9.17) is 11.6 Å². The third-order valence-corrected chi connectivity index (χ3v) is 8.35. The van der Waals surface area contributed by atoms with E-state index in [1.54, 1.807) is 38.1 Å². The summed E-state index contributed by atoms with van der Waals surface area (Å²) in [6.07, 6.45) is 0. The SMILES string of the molecule is CNC(=O)[C@@H](C)N(Cc1ccccc1C)C(=O)CN(c1cc(Cl)ccc1C)S(=O)(=O)c1ccc(C)cc1. The van der Waals surface area contributed by atoms with Crippen molar-refractivity contribution >= 4 is 39.1 Å². The van der Waals surface area contributed by atoms with Crippen LogP contribution in [0.3, 0.4) is 0 Å². The Bertz CT molecular complexity index is 1390. The molecule has 0 aliphatic carbocycles. The fraction of sp³-hybridized carbons (Fsp3) is 0.286. The molecular formula is C28H32ClN3O4S. The first-order chi connectivity index (χ1) is 17.4. The van der Waals surface area contributed by atoms with Crippen molar-refractivity contribution in [3.63, 3.8) is 0 Å². The highest BCUT2D eigenvalue weighted by Gasteiger charge is 2.33. The average Bonchev–Trinajstić information content (AvgIpc) is 2.87. The first-order valence-corrected chi connectivity index (χ1v) is 13.7. The average molecular weight is 542 g/mol. The largest absolute Gasteiger partial charge is 0.357 e. The molecule has 0 saturated carbocycles. The molecule has 0 bridgehead atoms. The summed E-state index contributed by atoms with van der Waals surface area (Å²) in [7, 11) is -2.65. The number of nitrogens with one attached hydrogen (secondary N) is 1. The van der Waals surface area contributed by atoms with E-state index in [0.29, 0.717) is 16.3 Å². The van der Waals surface area contributed by atoms with Crippen LogP contribution in [-0.4, -0.2) is 44.8 Å². The van der Waals surface area contributed by atoms with Crippen molar-refractivity contribution in [3.8, 4) is 0 Å². The monoisotopic (exact) mass is 541 g/mol. The second kappa shape index (κ2) is 11.8. The Morgan fingerprint density at radius 1 is 0.946 bits per heavy atom. The highest BCUT2D eigenvalue weighted by molar-refractivity contribution is 7.92. The summed E-state index contributed by atoms with van der Waals surface area (Å²) in [6.45, 7) is 6.80. The topological polar surface area (TPSA) is 86.8 Å². The van der Waals surface area contributed by atoms with Crippen LogP contribution in [0.15, 0.2) is 71.6 Å². The minimum Gasteiger partial charge on any atom is -0.357 e. The van der Waals surface area contributed by atoms with Gasteiger partial charge in [0.05, 0.1) is 10.6 Å². The molecule has 3 rings (SSSR count). The van der Waals surface area contributed by atoms with Crippen molar-refractivity contribution in [2.45, 2.75) is 45.2 Å². The standard InChI is InChI=1S/C28H32ClN3O4S/c1-19-10-14-25(15-11-19)37(35,36)32(26-16-24(29)13-12-21(26)3)18-27(33)31(22(4)28(34)30-5)17-23-9-7-6-8-20(23)2/h6-16,22H,17-18H2,1-5H3,(H,30,34)/t22-/m1/s1. The van der Waals surface area contributed by atoms with E-state index in [2.05, 4.69) is 5.32 Å². The van der Waals surface area contributed by atoms with Crippen molar-refractivity contribution in [2.75, 3.05) is 17.9 Å². The summed E-state index contributed by atoms with van der Waals surface area (Å²) in [5, 5.41) is 2.92. The molecular weight excluding hydrogens is 510 g/mol. The van der Waals surface area contributed by atoms with Crippen LogP contribution in [-0.2, 0) is 26.2 Å². The van der Waals surface area contributed by atoms with Gasteiger partial charge in [0.2, 0.25) is 11.8 Å². The highest BCUT2D eigenvalue weighted by Crippen LogP contribution is 2.30. The number of hydrogen-bond donors (Lipinski definition) is 1. The van der Waals surface area contributed by atoms with E-state index in [9.17, 15) is 18.0 Å². The van der Waals surface area contributed by atoms with E-state index in [0.717, 1.165) is 21.0 Å². The molecule has 0 unspecified atom stereocenters. The summed E-state index contributed by atoms with van der Waals surface area (Å²) < 4.78 is 28.8. The first kappa shape index (κ1) is 28.2. The molecule has 0 heterocycles. The lowest BCUT2D eigenvalue weighted by Crippen LogP contribution is -2.50. The number of sulfonamides is 1. The number of likely N-dealkylation sites (N-methyl/N-ethyl adjacent to an activating group) is 1. The molecule has 37 heavy (non-hydrogen) atoms. The zero-order valence-electron chi connectivity index (χ0n) is 21.7. The van der Waals surface area contributed by atoms with Gasteiger partial charge in [0.1, 0.15) is 12.6 Å². The Morgan fingerprint density at radius 2 is 1.59 bits per heavy atom. The van der Waals surface area contributed by atoms with Crippen molar-refractivity contribution in [3.05, 3.63) is 94.0 Å². The van der Waals surface area contributed by atoms with Gasteiger partial charge in [-0.05, 0) is 68.7 Å². The summed E-state index contributed by atoms with van der Waals surface area (Å²) in [4.78, 5) is 27.9. The molecule has 0 aliphatic rings. The third-order valence-electron chi connectivity index (χ3n) is 6.34. The van der Waals surface area contributed by atoms with Crippen LogP contribution in [0.4, 0.5) is 5.69 Å². The van der Waals surface area contributed by atoms with Gasteiger partial charge in [-0.1, -0.05) is 59.6 Å². The minimum absolute atomic E-state index is 0.0510. The van der Waals surface area contributed by atoms with Gasteiger partial charge >= 0.3 is 0 Å². The van der Waals surface area contributed by atoms with Crippen LogP contribution in [0, 0.1) is 20.8 Å². The lowest BCUT2D eigenvalue weighted by Gasteiger charge is -2.32. The van der Waals surface area contributed by atoms with Crippen LogP contribution in [0.5, 0.6) is 0 Å². The number of nitrogens with zero attached hydrogens (tertiary/aromatic N) is 2. The van der Waals surface area contributed by atoms with Crippen LogP contribution in [0.25, 0.3) is 0 Å². The van der Waals surface area contributed by atoms with Crippen molar-refractivity contribution < 1.29 is 18.0 Å². The lowest BCUT2D eigenvalue weighted by atomic mass is 10.1. The molecule has 1 N–H and O–H groups in total. The van der Waals surface area contributed by atoms with Gasteiger partial charge in [-0.3, -0.25) is 13.9 Å². The Balaban J connectivity index is 2.09. The van der Waals surface area contributed by atoms with Gasteiger partial charge in [0.25, 0.3) is 10.0 Å². The Labute approximate surface area is 224 Å². The van der Waals surface area contributed by atoms with Gasteiger partial charge in [-0.2, -0.15) is 0 Å². The zero-order valence-corrected chi connectivity index (χ0v) is 23.2. The van der Waals surface area contributed by atoms with E-state index in [-0.39, 0.29) is 17.3 Å². The number of hydrogen-bond acceptors (Lipinski definition) is 4. The fourth-order valence-electron chi connectivity index (χ4n) is 3.96. The number of benzene rings is 3. The fourth-order valence-corrected chi connectivity index (χ4v) is 5.60. The first-order valence-electron chi connectivity index (χ1n) is 11.9. The maximum Gasteiger partial charge on any atom is 0.264 e. The predicted octanol–water partition coefficient (Wildman–Crippen LogP) is 4.62. The number of rotatable bonds is 9. The van der Waals surface area contributed by atoms with Crippen LogP contribution >= 0.6 is 11.6 Å². The number of carbonyl (C=O) groups is 2. The number of amides is 2. The normalized spacial score (nSPS) is 12.1. The molecule has 7 nitrogen and oxygen atoms in total. The highest BCUT2D eigenvalue weighted by atomic mass is 35.5. The van der Waals surface area contributed by atoms with Crippen LogP contribution in [0.2, 0.25) is 5.02 Å².